The number of nitrogens with zero attached hydrogens (tertiary/aromatic N) is 5. The lowest BCUT2D eigenvalue weighted by Crippen LogP contribution is -2.40. The zero-order valence-electron chi connectivity index (χ0n) is 20.9. The molecule has 12 heteroatoms. The smallest absolute Gasteiger partial charge is 0.328 e. The Balaban J connectivity index is 1.37. The fraction of sp³-hybridized carbons (Fsp3) is 0.296. The number of aldehydes is 1. The molecule has 1 fully saturated rings. The maximum Gasteiger partial charge on any atom is 0.328 e. The van der Waals surface area contributed by atoms with Gasteiger partial charge in [-0.25, -0.2) is 19.6 Å². The van der Waals surface area contributed by atoms with E-state index in [4.69, 9.17) is 9.47 Å². The van der Waals surface area contributed by atoms with Crippen molar-refractivity contribution in [3.8, 4) is 6.07 Å². The number of rotatable bonds is 6. The molecule has 0 spiro atoms. The minimum Gasteiger partial charge on any atom is -0.440 e. The van der Waals surface area contributed by atoms with Crippen LogP contribution in [0.15, 0.2) is 48.8 Å². The van der Waals surface area contributed by atoms with Crippen molar-refractivity contribution in [2.75, 3.05) is 35.3 Å². The number of carbonyl (C=O) groups is 2. The summed E-state index contributed by atoms with van der Waals surface area (Å²) >= 11 is 0. The Hall–Kier alpha value is -4.98. The van der Waals surface area contributed by atoms with Crippen LogP contribution >= 0.6 is 0 Å². The van der Waals surface area contributed by atoms with Crippen LogP contribution in [-0.4, -0.2) is 58.9 Å². The quantitative estimate of drug-likeness (QED) is 0.424. The van der Waals surface area contributed by atoms with Crippen LogP contribution in [0.3, 0.4) is 0 Å². The van der Waals surface area contributed by atoms with E-state index in [0.29, 0.717) is 61.5 Å². The van der Waals surface area contributed by atoms with Crippen molar-refractivity contribution in [2.24, 2.45) is 0 Å². The van der Waals surface area contributed by atoms with Crippen LogP contribution in [0.2, 0.25) is 0 Å². The third-order valence-electron chi connectivity index (χ3n) is 6.50. The van der Waals surface area contributed by atoms with Crippen molar-refractivity contribution < 1.29 is 23.9 Å². The Bertz CT molecular complexity index is 1430. The summed E-state index contributed by atoms with van der Waals surface area (Å²) in [7, 11) is 0. The highest BCUT2D eigenvalue weighted by Gasteiger charge is 2.27. The van der Waals surface area contributed by atoms with Crippen LogP contribution < -0.4 is 15.5 Å². The largest absolute Gasteiger partial charge is 0.440 e. The van der Waals surface area contributed by atoms with Crippen molar-refractivity contribution in [3.05, 3.63) is 71.2 Å². The molecule has 2 aromatic rings. The molecule has 5 heterocycles. The third kappa shape index (κ3) is 5.65. The van der Waals surface area contributed by atoms with Crippen LogP contribution in [0.25, 0.3) is 0 Å². The molecule has 0 radical (unpaired) electrons. The number of amides is 2. The highest BCUT2D eigenvalue weighted by Crippen LogP contribution is 2.29. The summed E-state index contributed by atoms with van der Waals surface area (Å²) in [5.41, 5.74) is 2.44. The number of aromatic nitrogens is 2. The number of anilines is 3. The molecule has 5 rings (SSSR count). The van der Waals surface area contributed by atoms with Gasteiger partial charge in [-0.05, 0) is 43.0 Å². The molecule has 2 amide bonds. The molecule has 39 heavy (non-hydrogen) atoms. The van der Waals surface area contributed by atoms with E-state index in [0.717, 1.165) is 12.0 Å². The molecular formula is C27H25N7O5. The number of hydrogen-bond donors (Lipinski definition) is 2. The molecule has 0 unspecified atom stereocenters. The van der Waals surface area contributed by atoms with Crippen molar-refractivity contribution in [3.63, 3.8) is 0 Å². The molecule has 1 saturated heterocycles. The van der Waals surface area contributed by atoms with Gasteiger partial charge in [-0.2, -0.15) is 5.26 Å². The number of ether oxygens (including phenoxy) is 2. The van der Waals surface area contributed by atoms with E-state index in [1.165, 1.54) is 22.3 Å². The number of carbonyl (C=O) groups excluding carboxylic acids is 3. The van der Waals surface area contributed by atoms with E-state index >= 15 is 0 Å². The van der Waals surface area contributed by atoms with Crippen LogP contribution in [0.4, 0.5) is 22.1 Å². The van der Waals surface area contributed by atoms with Crippen LogP contribution in [-0.2, 0) is 27.2 Å². The third-order valence-corrected chi connectivity index (χ3v) is 6.50. The lowest BCUT2D eigenvalue weighted by molar-refractivity contribution is 0.111. The van der Waals surface area contributed by atoms with Crippen LogP contribution in [0, 0.1) is 11.3 Å². The second-order valence-corrected chi connectivity index (χ2v) is 9.07. The maximum absolute atomic E-state index is 13.3. The molecule has 0 bridgehead atoms. The van der Waals surface area contributed by atoms with Gasteiger partial charge in [-0.1, -0.05) is 0 Å². The Morgan fingerprint density at radius 1 is 1.31 bits per heavy atom. The van der Waals surface area contributed by atoms with E-state index in [1.54, 1.807) is 30.4 Å². The van der Waals surface area contributed by atoms with Crippen molar-refractivity contribution in [1.82, 2.24) is 14.9 Å². The van der Waals surface area contributed by atoms with Gasteiger partial charge in [0.05, 0.1) is 36.7 Å². The molecule has 3 aliphatic rings. The van der Waals surface area contributed by atoms with Gasteiger partial charge in [0.1, 0.15) is 23.4 Å². The van der Waals surface area contributed by atoms with Gasteiger partial charge in [0.2, 0.25) is 0 Å². The number of hydrogen-bond acceptors (Lipinski definition) is 10. The number of nitrogens with one attached hydrogen (secondary N) is 2. The van der Waals surface area contributed by atoms with Crippen molar-refractivity contribution in [1.29, 1.82) is 5.26 Å². The lowest BCUT2D eigenvalue weighted by atomic mass is 10.0. The minimum absolute atomic E-state index is 0.0418. The van der Waals surface area contributed by atoms with E-state index in [-0.39, 0.29) is 30.0 Å². The summed E-state index contributed by atoms with van der Waals surface area (Å²) in [6.45, 7) is 1.74. The van der Waals surface area contributed by atoms with Gasteiger partial charge >= 0.3 is 6.03 Å². The number of aryl methyl sites for hydroxylation is 1. The fourth-order valence-electron chi connectivity index (χ4n) is 4.59. The predicted molar refractivity (Wildman–Crippen MR) is 140 cm³/mol. The van der Waals surface area contributed by atoms with Gasteiger partial charge in [0, 0.05) is 37.2 Å². The standard InChI is InChI=1S/C27H25N7O5/c28-12-20-13-29-24(11-22(20)30-21-5-9-38-17-21)32-27(37)34-7-3-4-18-10-19(23(15-35)31-26(18)34)14-33-6-1-2-8-39-25(33)16-36/h1-2,6,8,10-11,13,15,21H,3-5,7,9,14,17H2,(H2,29,30,32,37)/t21-/m1/s1. The molecule has 12 nitrogen and oxygen atoms in total. The summed E-state index contributed by atoms with van der Waals surface area (Å²) in [4.78, 5) is 48.4. The second-order valence-electron chi connectivity index (χ2n) is 9.07. The first-order chi connectivity index (χ1) is 19.1. The molecule has 0 saturated carbocycles. The fourth-order valence-corrected chi connectivity index (χ4v) is 4.59. The zero-order chi connectivity index (χ0) is 27.2. The Labute approximate surface area is 224 Å². The highest BCUT2D eigenvalue weighted by atomic mass is 16.5. The normalized spacial score (nSPS) is 17.9. The average Bonchev–Trinajstić information content (AvgIpc) is 3.36. The topological polar surface area (TPSA) is 150 Å². The zero-order valence-corrected chi connectivity index (χ0v) is 20.9. The molecule has 2 aromatic heterocycles. The van der Waals surface area contributed by atoms with E-state index < -0.39 is 6.03 Å². The summed E-state index contributed by atoms with van der Waals surface area (Å²) in [5, 5.41) is 15.5. The first kappa shape index (κ1) is 25.7. The molecule has 1 atom stereocenters. The summed E-state index contributed by atoms with van der Waals surface area (Å²) in [6, 6.07) is 5.17. The van der Waals surface area contributed by atoms with Gasteiger partial charge in [-0.15, -0.1) is 0 Å². The second kappa shape index (κ2) is 11.6. The van der Waals surface area contributed by atoms with Crippen LogP contribution in [0.5, 0.6) is 0 Å². The lowest BCUT2D eigenvalue weighted by Gasteiger charge is -2.29. The number of pyridine rings is 2. The summed E-state index contributed by atoms with van der Waals surface area (Å²) in [5.74, 6) is 2.37. The Morgan fingerprint density at radius 2 is 2.21 bits per heavy atom. The average molecular weight is 528 g/mol. The first-order valence-electron chi connectivity index (χ1n) is 12.4. The predicted octanol–water partition coefficient (Wildman–Crippen LogP) is 2.88. The van der Waals surface area contributed by atoms with E-state index in [2.05, 4.69) is 26.7 Å². The molecule has 0 aliphatic carbocycles. The summed E-state index contributed by atoms with van der Waals surface area (Å²) in [6.07, 6.45) is 10.5. The number of allylic oxidation sites excluding steroid dienone is 2. The van der Waals surface area contributed by atoms with Gasteiger partial charge in [0.25, 0.3) is 5.88 Å². The minimum atomic E-state index is -0.457. The summed E-state index contributed by atoms with van der Waals surface area (Å²) < 4.78 is 10.7. The van der Waals surface area contributed by atoms with Gasteiger partial charge < -0.3 is 19.7 Å². The van der Waals surface area contributed by atoms with Gasteiger partial charge in [-0.3, -0.25) is 15.0 Å². The van der Waals surface area contributed by atoms with Crippen molar-refractivity contribution in [2.45, 2.75) is 31.8 Å². The molecule has 3 aliphatic heterocycles. The first-order valence-corrected chi connectivity index (χ1v) is 12.4. The number of fused-ring (bicyclic) bond motifs is 1. The molecule has 2 N–H and O–H groups in total. The maximum atomic E-state index is 13.3. The molecular weight excluding hydrogens is 502 g/mol. The number of urea groups is 1. The Morgan fingerprint density at radius 3 is 2.97 bits per heavy atom. The Kier molecular flexibility index (Phi) is 7.63. The molecule has 0 aromatic carbocycles. The van der Waals surface area contributed by atoms with Crippen LogP contribution in [0.1, 0.15) is 40.0 Å². The van der Waals surface area contributed by atoms with E-state index in [9.17, 15) is 19.6 Å². The SMILES string of the molecule is N#Cc1cnc(NC(=O)N2CCCc3cc(CN4C=CC=COC4=C=O)c(C=O)nc32)cc1N[C@@H]1CCOC1. The van der Waals surface area contributed by atoms with Gasteiger partial charge in [0.15, 0.2) is 12.2 Å². The monoisotopic (exact) mass is 527 g/mol. The number of nitriles is 1. The van der Waals surface area contributed by atoms with E-state index in [1.807, 2.05) is 6.07 Å². The highest BCUT2D eigenvalue weighted by molar-refractivity contribution is 6.01. The van der Waals surface area contributed by atoms with Crippen molar-refractivity contribution >= 4 is 35.6 Å². The molecule has 198 valence electrons.